The fourth-order valence-electron chi connectivity index (χ4n) is 2.97. The van der Waals surface area contributed by atoms with Crippen molar-refractivity contribution >= 4 is 5.91 Å². The maximum absolute atomic E-state index is 13.3. The third-order valence-corrected chi connectivity index (χ3v) is 4.44. The Balaban J connectivity index is 1.54. The molecule has 0 bridgehead atoms. The SMILES string of the molecule is O=C(c1ccc(F)c(F)c1)N1CCN(CC(O)c2ccccc2)CC1. The van der Waals surface area contributed by atoms with E-state index in [-0.39, 0.29) is 11.5 Å². The van der Waals surface area contributed by atoms with E-state index >= 15 is 0 Å². The molecule has 0 radical (unpaired) electrons. The predicted molar refractivity (Wildman–Crippen MR) is 90.1 cm³/mol. The average Bonchev–Trinajstić information content (AvgIpc) is 2.65. The largest absolute Gasteiger partial charge is 0.387 e. The van der Waals surface area contributed by atoms with E-state index in [1.165, 1.54) is 6.07 Å². The molecule has 0 spiro atoms. The van der Waals surface area contributed by atoms with E-state index < -0.39 is 17.7 Å². The number of amides is 1. The topological polar surface area (TPSA) is 43.8 Å². The minimum absolute atomic E-state index is 0.150. The first-order chi connectivity index (χ1) is 12.0. The molecular weight excluding hydrogens is 326 g/mol. The lowest BCUT2D eigenvalue weighted by Gasteiger charge is -2.35. The van der Waals surface area contributed by atoms with Crippen molar-refractivity contribution in [3.05, 3.63) is 71.3 Å². The van der Waals surface area contributed by atoms with Crippen LogP contribution in [0.3, 0.4) is 0 Å². The normalized spacial score (nSPS) is 16.7. The van der Waals surface area contributed by atoms with E-state index in [0.717, 1.165) is 17.7 Å². The van der Waals surface area contributed by atoms with Crippen molar-refractivity contribution in [2.24, 2.45) is 0 Å². The van der Waals surface area contributed by atoms with Gasteiger partial charge in [-0.2, -0.15) is 0 Å². The number of piperazine rings is 1. The zero-order valence-electron chi connectivity index (χ0n) is 13.7. The Bertz CT molecular complexity index is 731. The van der Waals surface area contributed by atoms with Crippen LogP contribution in [-0.4, -0.2) is 53.5 Å². The number of benzene rings is 2. The van der Waals surface area contributed by atoms with Gasteiger partial charge < -0.3 is 10.0 Å². The number of aliphatic hydroxyl groups excluding tert-OH is 1. The molecule has 0 saturated carbocycles. The number of β-amino-alcohol motifs (C(OH)–C–C–N with tert-alkyl or cyclic N) is 1. The van der Waals surface area contributed by atoms with E-state index in [9.17, 15) is 18.7 Å². The smallest absolute Gasteiger partial charge is 0.254 e. The Morgan fingerprint density at radius 1 is 1.00 bits per heavy atom. The van der Waals surface area contributed by atoms with Crippen LogP contribution in [0.2, 0.25) is 0 Å². The Hall–Kier alpha value is -2.31. The molecule has 1 aliphatic heterocycles. The molecule has 2 aromatic carbocycles. The molecule has 1 heterocycles. The highest BCUT2D eigenvalue weighted by Gasteiger charge is 2.24. The van der Waals surface area contributed by atoms with Crippen molar-refractivity contribution in [2.45, 2.75) is 6.10 Å². The summed E-state index contributed by atoms with van der Waals surface area (Å²) in [5.41, 5.74) is 1.01. The quantitative estimate of drug-likeness (QED) is 0.925. The number of hydrogen-bond donors (Lipinski definition) is 1. The van der Waals surface area contributed by atoms with Gasteiger partial charge in [0.1, 0.15) is 0 Å². The van der Waals surface area contributed by atoms with Crippen molar-refractivity contribution in [2.75, 3.05) is 32.7 Å². The van der Waals surface area contributed by atoms with Crippen molar-refractivity contribution in [3.8, 4) is 0 Å². The summed E-state index contributed by atoms with van der Waals surface area (Å²) in [5, 5.41) is 10.3. The summed E-state index contributed by atoms with van der Waals surface area (Å²) in [6.07, 6.45) is -0.574. The number of aliphatic hydroxyl groups is 1. The van der Waals surface area contributed by atoms with Crippen LogP contribution in [0.1, 0.15) is 22.0 Å². The van der Waals surface area contributed by atoms with Crippen LogP contribution in [0.4, 0.5) is 8.78 Å². The second-order valence-electron chi connectivity index (χ2n) is 6.15. The van der Waals surface area contributed by atoms with Crippen molar-refractivity contribution in [3.63, 3.8) is 0 Å². The maximum Gasteiger partial charge on any atom is 0.254 e. The van der Waals surface area contributed by atoms with Crippen LogP contribution in [-0.2, 0) is 0 Å². The van der Waals surface area contributed by atoms with E-state index in [1.54, 1.807) is 4.90 Å². The van der Waals surface area contributed by atoms with Gasteiger partial charge in [0.15, 0.2) is 11.6 Å². The number of carbonyl (C=O) groups is 1. The van der Waals surface area contributed by atoms with Crippen molar-refractivity contribution < 1.29 is 18.7 Å². The summed E-state index contributed by atoms with van der Waals surface area (Å²) >= 11 is 0. The van der Waals surface area contributed by atoms with Gasteiger partial charge in [-0.1, -0.05) is 30.3 Å². The molecule has 1 aliphatic rings. The monoisotopic (exact) mass is 346 g/mol. The number of hydrogen-bond acceptors (Lipinski definition) is 3. The molecule has 4 nitrogen and oxygen atoms in total. The van der Waals surface area contributed by atoms with E-state index in [4.69, 9.17) is 0 Å². The highest BCUT2D eigenvalue weighted by atomic mass is 19.2. The van der Waals surface area contributed by atoms with Crippen molar-refractivity contribution in [1.82, 2.24) is 9.80 Å². The summed E-state index contributed by atoms with van der Waals surface area (Å²) in [4.78, 5) is 16.1. The fourth-order valence-corrected chi connectivity index (χ4v) is 2.97. The lowest BCUT2D eigenvalue weighted by atomic mass is 10.1. The van der Waals surface area contributed by atoms with E-state index in [1.807, 2.05) is 30.3 Å². The molecule has 0 aliphatic carbocycles. The van der Waals surface area contributed by atoms with Gasteiger partial charge in [0.2, 0.25) is 0 Å². The zero-order chi connectivity index (χ0) is 17.8. The van der Waals surface area contributed by atoms with Gasteiger partial charge in [0.05, 0.1) is 6.10 Å². The summed E-state index contributed by atoms with van der Waals surface area (Å²) in [6, 6.07) is 12.6. The Labute approximate surface area is 145 Å². The van der Waals surface area contributed by atoms with Crippen LogP contribution < -0.4 is 0 Å². The van der Waals surface area contributed by atoms with Crippen LogP contribution in [0.5, 0.6) is 0 Å². The van der Waals surface area contributed by atoms with Crippen LogP contribution in [0.15, 0.2) is 48.5 Å². The molecule has 1 amide bonds. The minimum atomic E-state index is -1.02. The predicted octanol–water partition coefficient (Wildman–Crippen LogP) is 2.46. The third kappa shape index (κ3) is 4.21. The summed E-state index contributed by atoms with van der Waals surface area (Å²) < 4.78 is 26.3. The summed E-state index contributed by atoms with van der Waals surface area (Å²) in [5.74, 6) is -2.28. The molecule has 1 unspecified atom stereocenters. The molecule has 2 aromatic rings. The molecule has 1 saturated heterocycles. The molecule has 132 valence electrons. The van der Waals surface area contributed by atoms with Gasteiger partial charge in [-0.15, -0.1) is 0 Å². The number of nitrogens with zero attached hydrogens (tertiary/aromatic N) is 2. The van der Waals surface area contributed by atoms with Crippen LogP contribution >= 0.6 is 0 Å². The van der Waals surface area contributed by atoms with Crippen LogP contribution in [0.25, 0.3) is 0 Å². The lowest BCUT2D eigenvalue weighted by molar-refractivity contribution is 0.0527. The van der Waals surface area contributed by atoms with E-state index in [0.29, 0.717) is 32.7 Å². The third-order valence-electron chi connectivity index (χ3n) is 4.44. The Morgan fingerprint density at radius 3 is 2.32 bits per heavy atom. The summed E-state index contributed by atoms with van der Waals surface area (Å²) in [7, 11) is 0. The Morgan fingerprint density at radius 2 is 1.68 bits per heavy atom. The second-order valence-corrected chi connectivity index (χ2v) is 6.15. The highest BCUT2D eigenvalue weighted by Crippen LogP contribution is 2.16. The fraction of sp³-hybridized carbons (Fsp3) is 0.316. The molecule has 3 rings (SSSR count). The van der Waals surface area contributed by atoms with Gasteiger partial charge in [0.25, 0.3) is 5.91 Å². The Kier molecular flexibility index (Phi) is 5.40. The van der Waals surface area contributed by atoms with Gasteiger partial charge in [-0.3, -0.25) is 9.69 Å². The molecule has 0 aromatic heterocycles. The minimum Gasteiger partial charge on any atom is -0.387 e. The average molecular weight is 346 g/mol. The first-order valence-electron chi connectivity index (χ1n) is 8.24. The zero-order valence-corrected chi connectivity index (χ0v) is 13.7. The maximum atomic E-state index is 13.3. The van der Waals surface area contributed by atoms with Gasteiger partial charge in [-0.25, -0.2) is 8.78 Å². The van der Waals surface area contributed by atoms with Crippen molar-refractivity contribution in [1.29, 1.82) is 0 Å². The number of rotatable bonds is 4. The second kappa shape index (κ2) is 7.72. The lowest BCUT2D eigenvalue weighted by Crippen LogP contribution is -2.49. The van der Waals surface area contributed by atoms with Crippen LogP contribution in [0, 0.1) is 11.6 Å². The number of carbonyl (C=O) groups excluding carboxylic acids is 1. The first kappa shape index (κ1) is 17.5. The molecule has 25 heavy (non-hydrogen) atoms. The standard InChI is InChI=1S/C19H20F2N2O2/c20-16-7-6-15(12-17(16)21)19(25)23-10-8-22(9-11-23)13-18(24)14-4-2-1-3-5-14/h1-7,12,18,24H,8-11,13H2. The van der Waals surface area contributed by atoms with E-state index in [2.05, 4.69) is 4.90 Å². The molecular formula is C19H20F2N2O2. The van der Waals surface area contributed by atoms with Gasteiger partial charge in [0, 0.05) is 38.3 Å². The van der Waals surface area contributed by atoms with Gasteiger partial charge >= 0.3 is 0 Å². The molecule has 1 fully saturated rings. The molecule has 6 heteroatoms. The number of halogens is 2. The first-order valence-corrected chi connectivity index (χ1v) is 8.24. The summed E-state index contributed by atoms with van der Waals surface area (Å²) in [6.45, 7) is 2.72. The molecule has 1 atom stereocenters. The highest BCUT2D eigenvalue weighted by molar-refractivity contribution is 5.94. The van der Waals surface area contributed by atoms with Gasteiger partial charge in [-0.05, 0) is 23.8 Å². The molecule has 1 N–H and O–H groups in total.